The molecule has 1 aromatic rings. The molecule has 5 heteroatoms. The second kappa shape index (κ2) is 5.63. The molecule has 0 unspecified atom stereocenters. The Morgan fingerprint density at radius 2 is 2.12 bits per heavy atom. The minimum atomic E-state index is -0.315. The number of ether oxygens (including phenoxy) is 1. The molecule has 1 amide bonds. The number of hydrogen-bond acceptors (Lipinski definition) is 3. The minimum Gasteiger partial charge on any atom is -0.375 e. The average Bonchev–Trinajstić information content (AvgIpc) is 2.21. The molecule has 0 fully saturated rings. The highest BCUT2D eigenvalue weighted by molar-refractivity contribution is 6.33. The van der Waals surface area contributed by atoms with Gasteiger partial charge >= 0.3 is 0 Å². The Morgan fingerprint density at radius 1 is 1.44 bits per heavy atom. The number of carbonyl (C=O) groups excluding carboxylic acids is 2. The molecule has 0 aromatic heterocycles. The molecular weight excluding hydrogens is 230 g/mol. The van der Waals surface area contributed by atoms with Crippen LogP contribution < -0.4 is 5.32 Å². The summed E-state index contributed by atoms with van der Waals surface area (Å²) in [7, 11) is 1.42. The third-order valence-corrected chi connectivity index (χ3v) is 2.25. The molecule has 86 valence electrons. The van der Waals surface area contributed by atoms with E-state index in [2.05, 4.69) is 10.1 Å². The van der Waals surface area contributed by atoms with Crippen LogP contribution in [0.25, 0.3) is 0 Å². The summed E-state index contributed by atoms with van der Waals surface area (Å²) in [6.45, 7) is 1.39. The molecule has 0 atom stereocenters. The number of carbonyl (C=O) groups is 2. The Balaban J connectivity index is 2.90. The molecule has 16 heavy (non-hydrogen) atoms. The zero-order valence-electron chi connectivity index (χ0n) is 9.04. The van der Waals surface area contributed by atoms with E-state index in [0.29, 0.717) is 16.3 Å². The van der Waals surface area contributed by atoms with Crippen LogP contribution in [0.5, 0.6) is 0 Å². The average molecular weight is 242 g/mol. The number of methoxy groups -OCH3 is 1. The van der Waals surface area contributed by atoms with Crippen LogP contribution in [0.3, 0.4) is 0 Å². The number of rotatable bonds is 4. The van der Waals surface area contributed by atoms with Gasteiger partial charge in [0, 0.05) is 12.7 Å². The number of nitrogens with one attached hydrogen (secondary N) is 1. The monoisotopic (exact) mass is 241 g/mol. The standard InChI is InChI=1S/C11H12ClNO3/c1-7(14)8-3-4-9(12)10(5-8)13-11(15)6-16-2/h3-5H,6H2,1-2H3,(H,13,15). The Morgan fingerprint density at radius 3 is 2.69 bits per heavy atom. The number of ketones is 1. The van der Waals surface area contributed by atoms with Crippen LogP contribution in [0.4, 0.5) is 5.69 Å². The third-order valence-electron chi connectivity index (χ3n) is 1.92. The van der Waals surface area contributed by atoms with Crippen LogP contribution in [0.2, 0.25) is 5.02 Å². The van der Waals surface area contributed by atoms with Crippen LogP contribution in [0.1, 0.15) is 17.3 Å². The Kier molecular flexibility index (Phi) is 4.46. The van der Waals surface area contributed by atoms with Crippen LogP contribution in [-0.2, 0) is 9.53 Å². The van der Waals surface area contributed by atoms with Gasteiger partial charge in [-0.2, -0.15) is 0 Å². The van der Waals surface area contributed by atoms with E-state index in [0.717, 1.165) is 0 Å². The molecule has 4 nitrogen and oxygen atoms in total. The summed E-state index contributed by atoms with van der Waals surface area (Å²) in [6.07, 6.45) is 0. The highest BCUT2D eigenvalue weighted by atomic mass is 35.5. The number of amides is 1. The van der Waals surface area contributed by atoms with Crippen molar-refractivity contribution in [1.29, 1.82) is 0 Å². The van der Waals surface area contributed by atoms with E-state index >= 15 is 0 Å². The fourth-order valence-corrected chi connectivity index (χ4v) is 1.32. The largest absolute Gasteiger partial charge is 0.375 e. The van der Waals surface area contributed by atoms with Crippen molar-refractivity contribution in [1.82, 2.24) is 0 Å². The third kappa shape index (κ3) is 3.32. The van der Waals surface area contributed by atoms with Crippen molar-refractivity contribution in [3.8, 4) is 0 Å². The van der Waals surface area contributed by atoms with Crippen molar-refractivity contribution >= 4 is 29.0 Å². The molecule has 0 spiro atoms. The van der Waals surface area contributed by atoms with Gasteiger partial charge < -0.3 is 10.1 Å². The van der Waals surface area contributed by atoms with E-state index in [4.69, 9.17) is 11.6 Å². The summed E-state index contributed by atoms with van der Waals surface area (Å²) in [5.41, 5.74) is 0.911. The lowest BCUT2D eigenvalue weighted by Gasteiger charge is -2.07. The lowest BCUT2D eigenvalue weighted by atomic mass is 10.1. The second-order valence-corrected chi connectivity index (χ2v) is 3.64. The maximum Gasteiger partial charge on any atom is 0.250 e. The topological polar surface area (TPSA) is 55.4 Å². The van der Waals surface area contributed by atoms with Crippen LogP contribution >= 0.6 is 11.6 Å². The summed E-state index contributed by atoms with van der Waals surface area (Å²) in [6, 6.07) is 4.72. The van der Waals surface area contributed by atoms with Crippen molar-refractivity contribution < 1.29 is 14.3 Å². The molecule has 0 bridgehead atoms. The molecular formula is C11H12ClNO3. The molecule has 0 aliphatic rings. The molecule has 0 heterocycles. The highest BCUT2D eigenvalue weighted by Gasteiger charge is 2.08. The highest BCUT2D eigenvalue weighted by Crippen LogP contribution is 2.23. The van der Waals surface area contributed by atoms with Crippen molar-refractivity contribution in [2.75, 3.05) is 19.0 Å². The number of benzene rings is 1. The van der Waals surface area contributed by atoms with Crippen LogP contribution in [0, 0.1) is 0 Å². The first-order chi connectivity index (χ1) is 7.54. The predicted octanol–water partition coefficient (Wildman–Crippen LogP) is 2.13. The quantitative estimate of drug-likeness (QED) is 0.822. The summed E-state index contributed by atoms with van der Waals surface area (Å²) >= 11 is 5.88. The number of halogens is 1. The van der Waals surface area contributed by atoms with E-state index in [1.54, 1.807) is 12.1 Å². The first-order valence-electron chi connectivity index (χ1n) is 4.64. The number of Topliss-reactive ketones (excluding diaryl/α,β-unsaturated/α-hetero) is 1. The lowest BCUT2D eigenvalue weighted by Crippen LogP contribution is -2.17. The maximum absolute atomic E-state index is 11.3. The summed E-state index contributed by atoms with van der Waals surface area (Å²) in [5.74, 6) is -0.399. The van der Waals surface area contributed by atoms with Gasteiger partial charge in [0.05, 0.1) is 10.7 Å². The first-order valence-corrected chi connectivity index (χ1v) is 5.01. The van der Waals surface area contributed by atoms with E-state index in [9.17, 15) is 9.59 Å². The van der Waals surface area contributed by atoms with E-state index in [1.165, 1.54) is 20.1 Å². The minimum absolute atomic E-state index is 0.0549. The summed E-state index contributed by atoms with van der Waals surface area (Å²) in [5, 5.41) is 2.94. The van der Waals surface area contributed by atoms with Gasteiger partial charge in [-0.3, -0.25) is 9.59 Å². The normalized spacial score (nSPS) is 9.94. The van der Waals surface area contributed by atoms with Gasteiger partial charge in [0.2, 0.25) is 5.91 Å². The summed E-state index contributed by atoms with van der Waals surface area (Å²) in [4.78, 5) is 22.4. The van der Waals surface area contributed by atoms with E-state index < -0.39 is 0 Å². The van der Waals surface area contributed by atoms with Crippen LogP contribution in [0.15, 0.2) is 18.2 Å². The van der Waals surface area contributed by atoms with Crippen LogP contribution in [-0.4, -0.2) is 25.4 Å². The van der Waals surface area contributed by atoms with E-state index in [-0.39, 0.29) is 18.3 Å². The lowest BCUT2D eigenvalue weighted by molar-refractivity contribution is -0.119. The van der Waals surface area contributed by atoms with Crippen molar-refractivity contribution in [2.24, 2.45) is 0 Å². The van der Waals surface area contributed by atoms with Gasteiger partial charge in [0.1, 0.15) is 6.61 Å². The second-order valence-electron chi connectivity index (χ2n) is 3.23. The van der Waals surface area contributed by atoms with Gasteiger partial charge in [-0.05, 0) is 25.1 Å². The molecule has 0 aliphatic carbocycles. The van der Waals surface area contributed by atoms with Gasteiger partial charge in [-0.1, -0.05) is 11.6 Å². The zero-order chi connectivity index (χ0) is 12.1. The Bertz CT molecular complexity index is 418. The van der Waals surface area contributed by atoms with E-state index in [1.807, 2.05) is 0 Å². The van der Waals surface area contributed by atoms with Gasteiger partial charge in [0.15, 0.2) is 5.78 Å². The van der Waals surface area contributed by atoms with Gasteiger partial charge in [-0.25, -0.2) is 0 Å². The fraction of sp³-hybridized carbons (Fsp3) is 0.273. The molecule has 1 aromatic carbocycles. The SMILES string of the molecule is COCC(=O)Nc1cc(C(C)=O)ccc1Cl. The molecule has 1 N–H and O–H groups in total. The van der Waals surface area contributed by atoms with Crippen molar-refractivity contribution in [3.63, 3.8) is 0 Å². The Hall–Kier alpha value is -1.39. The molecule has 0 saturated heterocycles. The fourth-order valence-electron chi connectivity index (χ4n) is 1.16. The molecule has 1 rings (SSSR count). The van der Waals surface area contributed by atoms with Gasteiger partial charge in [0.25, 0.3) is 0 Å². The van der Waals surface area contributed by atoms with Crippen molar-refractivity contribution in [2.45, 2.75) is 6.92 Å². The smallest absolute Gasteiger partial charge is 0.250 e. The first kappa shape index (κ1) is 12.7. The number of hydrogen-bond donors (Lipinski definition) is 1. The van der Waals surface area contributed by atoms with Crippen molar-refractivity contribution in [3.05, 3.63) is 28.8 Å². The molecule has 0 aliphatic heterocycles. The predicted molar refractivity (Wildman–Crippen MR) is 62.0 cm³/mol. The zero-order valence-corrected chi connectivity index (χ0v) is 9.80. The molecule has 0 saturated carbocycles. The maximum atomic E-state index is 11.3. The Labute approximate surface area is 98.5 Å². The molecule has 0 radical (unpaired) electrons. The van der Waals surface area contributed by atoms with Gasteiger partial charge in [-0.15, -0.1) is 0 Å². The number of anilines is 1. The summed E-state index contributed by atoms with van der Waals surface area (Å²) < 4.78 is 4.67.